The van der Waals surface area contributed by atoms with Crippen LogP contribution < -0.4 is 16.0 Å². The third-order valence-electron chi connectivity index (χ3n) is 2.68. The van der Waals surface area contributed by atoms with Crippen molar-refractivity contribution in [3.05, 3.63) is 30.1 Å². The second-order valence-corrected chi connectivity index (χ2v) is 6.06. The number of hydrogen-bond acceptors (Lipinski definition) is 5. The molecular weight excluding hydrogens is 312 g/mol. The smallest absolute Gasteiger partial charge is 0.408 e. The Balaban J connectivity index is 2.09. The number of hydrogen-bond donors (Lipinski definition) is 3. The highest BCUT2D eigenvalue weighted by Crippen LogP contribution is 2.05. The molecule has 1 aromatic heterocycles. The van der Waals surface area contributed by atoms with Crippen LogP contribution in [0.4, 0.5) is 4.79 Å². The van der Waals surface area contributed by atoms with Crippen molar-refractivity contribution < 1.29 is 19.1 Å². The van der Waals surface area contributed by atoms with E-state index in [9.17, 15) is 14.4 Å². The van der Waals surface area contributed by atoms with Gasteiger partial charge in [-0.2, -0.15) is 0 Å². The molecule has 0 aromatic carbocycles. The van der Waals surface area contributed by atoms with Gasteiger partial charge in [-0.1, -0.05) is 0 Å². The maximum atomic E-state index is 11.7. The van der Waals surface area contributed by atoms with Gasteiger partial charge in [0.05, 0.1) is 12.1 Å². The molecule has 1 heterocycles. The molecule has 3 N–H and O–H groups in total. The fraction of sp³-hybridized carbons (Fsp3) is 0.500. The molecule has 0 atom stereocenters. The van der Waals surface area contributed by atoms with Gasteiger partial charge in [0.1, 0.15) is 5.60 Å². The number of pyridine rings is 1. The van der Waals surface area contributed by atoms with Crippen LogP contribution in [0.15, 0.2) is 24.5 Å². The van der Waals surface area contributed by atoms with Crippen LogP contribution >= 0.6 is 0 Å². The summed E-state index contributed by atoms with van der Waals surface area (Å²) in [5.41, 5.74) is -0.115. The zero-order chi connectivity index (χ0) is 18.0. The van der Waals surface area contributed by atoms with Gasteiger partial charge in [-0.3, -0.25) is 14.6 Å². The van der Waals surface area contributed by atoms with Crippen molar-refractivity contribution >= 4 is 17.9 Å². The molecule has 0 bridgehead atoms. The van der Waals surface area contributed by atoms with Crippen molar-refractivity contribution in [2.75, 3.05) is 19.6 Å². The number of rotatable bonds is 7. The Morgan fingerprint density at radius 3 is 2.46 bits per heavy atom. The number of amides is 3. The number of carbonyl (C=O) groups is 3. The first-order valence-electron chi connectivity index (χ1n) is 7.70. The Hall–Kier alpha value is -2.64. The van der Waals surface area contributed by atoms with E-state index in [-0.39, 0.29) is 18.4 Å². The minimum atomic E-state index is -0.638. The number of aromatic nitrogens is 1. The van der Waals surface area contributed by atoms with Crippen LogP contribution in [0.3, 0.4) is 0 Å². The van der Waals surface area contributed by atoms with Crippen LogP contribution in [0.5, 0.6) is 0 Å². The molecule has 0 aliphatic heterocycles. The van der Waals surface area contributed by atoms with E-state index in [1.54, 1.807) is 39.1 Å². The largest absolute Gasteiger partial charge is 0.444 e. The highest BCUT2D eigenvalue weighted by atomic mass is 16.6. The monoisotopic (exact) mass is 336 g/mol. The summed E-state index contributed by atoms with van der Waals surface area (Å²) in [5.74, 6) is -0.527. The molecular formula is C16H24N4O4. The molecule has 0 saturated heterocycles. The number of ether oxygens (including phenoxy) is 1. The SMILES string of the molecule is CC(C)(C)OC(=O)NCC(=O)NCCCNC(=O)c1cccnc1. The molecule has 0 saturated carbocycles. The number of nitrogens with zero attached hydrogens (tertiary/aromatic N) is 1. The van der Waals surface area contributed by atoms with Gasteiger partial charge in [0.25, 0.3) is 5.91 Å². The molecule has 3 amide bonds. The molecule has 1 aromatic rings. The molecule has 132 valence electrons. The van der Waals surface area contributed by atoms with Gasteiger partial charge in [0.15, 0.2) is 0 Å². The predicted molar refractivity (Wildman–Crippen MR) is 88.4 cm³/mol. The molecule has 0 aliphatic rings. The lowest BCUT2D eigenvalue weighted by atomic mass is 10.2. The van der Waals surface area contributed by atoms with Crippen molar-refractivity contribution in [3.8, 4) is 0 Å². The first kappa shape index (κ1) is 19.4. The van der Waals surface area contributed by atoms with Gasteiger partial charge in [0, 0.05) is 25.5 Å². The lowest BCUT2D eigenvalue weighted by Crippen LogP contribution is -2.40. The summed E-state index contributed by atoms with van der Waals surface area (Å²) in [6.45, 7) is 5.89. The third kappa shape index (κ3) is 8.72. The molecule has 0 aliphatic carbocycles. The van der Waals surface area contributed by atoms with Crippen LogP contribution in [0.1, 0.15) is 37.6 Å². The van der Waals surface area contributed by atoms with Gasteiger partial charge in [-0.05, 0) is 39.3 Å². The Labute approximate surface area is 141 Å². The summed E-state index contributed by atoms with van der Waals surface area (Å²) in [6, 6.07) is 3.36. The van der Waals surface area contributed by atoms with Gasteiger partial charge in [-0.15, -0.1) is 0 Å². The van der Waals surface area contributed by atoms with E-state index in [4.69, 9.17) is 4.74 Å². The van der Waals surface area contributed by atoms with Gasteiger partial charge in [0.2, 0.25) is 5.91 Å². The molecule has 0 fully saturated rings. The van der Waals surface area contributed by atoms with E-state index in [1.165, 1.54) is 6.20 Å². The average Bonchev–Trinajstić information content (AvgIpc) is 2.51. The second-order valence-electron chi connectivity index (χ2n) is 6.06. The normalized spacial score (nSPS) is 10.6. The predicted octanol–water partition coefficient (Wildman–Crippen LogP) is 0.842. The third-order valence-corrected chi connectivity index (χ3v) is 2.68. The first-order chi connectivity index (χ1) is 11.3. The van der Waals surface area contributed by atoms with Crippen LogP contribution in [0.2, 0.25) is 0 Å². The maximum absolute atomic E-state index is 11.7. The number of alkyl carbamates (subject to hydrolysis) is 1. The fourth-order valence-corrected chi connectivity index (χ4v) is 1.65. The summed E-state index contributed by atoms with van der Waals surface area (Å²) >= 11 is 0. The lowest BCUT2D eigenvalue weighted by Gasteiger charge is -2.19. The van der Waals surface area contributed by atoms with Crippen molar-refractivity contribution in [1.82, 2.24) is 20.9 Å². The minimum absolute atomic E-state index is 0.156. The first-order valence-corrected chi connectivity index (χ1v) is 7.70. The Bertz CT molecular complexity index is 555. The standard InChI is InChI=1S/C16H24N4O4/c1-16(2,3)24-15(23)20-11-13(21)18-8-5-9-19-14(22)12-6-4-7-17-10-12/h4,6-7,10H,5,8-9,11H2,1-3H3,(H,18,21)(H,19,22)(H,20,23). The van der Waals surface area contributed by atoms with E-state index in [2.05, 4.69) is 20.9 Å². The van der Waals surface area contributed by atoms with E-state index in [0.717, 1.165) is 0 Å². The molecule has 0 unspecified atom stereocenters. The van der Waals surface area contributed by atoms with Crippen molar-refractivity contribution in [2.24, 2.45) is 0 Å². The molecule has 0 spiro atoms. The summed E-state index contributed by atoms with van der Waals surface area (Å²) < 4.78 is 5.02. The number of nitrogens with one attached hydrogen (secondary N) is 3. The lowest BCUT2D eigenvalue weighted by molar-refractivity contribution is -0.120. The second kappa shape index (κ2) is 9.49. The Morgan fingerprint density at radius 2 is 1.83 bits per heavy atom. The van der Waals surface area contributed by atoms with Crippen molar-refractivity contribution in [3.63, 3.8) is 0 Å². The van der Waals surface area contributed by atoms with Gasteiger partial charge < -0.3 is 20.7 Å². The van der Waals surface area contributed by atoms with Crippen LogP contribution in [0, 0.1) is 0 Å². The molecule has 0 radical (unpaired) electrons. The highest BCUT2D eigenvalue weighted by Gasteiger charge is 2.16. The Morgan fingerprint density at radius 1 is 1.12 bits per heavy atom. The minimum Gasteiger partial charge on any atom is -0.444 e. The zero-order valence-corrected chi connectivity index (χ0v) is 14.2. The summed E-state index contributed by atoms with van der Waals surface area (Å²) in [5, 5.41) is 7.74. The summed E-state index contributed by atoms with van der Waals surface area (Å²) in [4.78, 5) is 38.5. The van der Waals surface area contributed by atoms with E-state index < -0.39 is 11.7 Å². The van der Waals surface area contributed by atoms with Crippen LogP contribution in [-0.2, 0) is 9.53 Å². The average molecular weight is 336 g/mol. The van der Waals surface area contributed by atoms with E-state index >= 15 is 0 Å². The molecule has 24 heavy (non-hydrogen) atoms. The number of carbonyl (C=O) groups excluding carboxylic acids is 3. The fourth-order valence-electron chi connectivity index (χ4n) is 1.65. The van der Waals surface area contributed by atoms with Crippen molar-refractivity contribution in [2.45, 2.75) is 32.8 Å². The molecule has 8 nitrogen and oxygen atoms in total. The molecule has 1 rings (SSSR count). The maximum Gasteiger partial charge on any atom is 0.408 e. The van der Waals surface area contributed by atoms with Gasteiger partial charge >= 0.3 is 6.09 Å². The van der Waals surface area contributed by atoms with Crippen LogP contribution in [0.25, 0.3) is 0 Å². The topological polar surface area (TPSA) is 109 Å². The van der Waals surface area contributed by atoms with Crippen molar-refractivity contribution in [1.29, 1.82) is 0 Å². The van der Waals surface area contributed by atoms with E-state index in [1.807, 2.05) is 0 Å². The highest BCUT2D eigenvalue weighted by molar-refractivity contribution is 5.93. The van der Waals surface area contributed by atoms with E-state index in [0.29, 0.717) is 25.1 Å². The Kier molecular flexibility index (Phi) is 7.67. The molecule has 8 heteroatoms. The van der Waals surface area contributed by atoms with Gasteiger partial charge in [-0.25, -0.2) is 4.79 Å². The van der Waals surface area contributed by atoms with Crippen LogP contribution in [-0.4, -0.2) is 48.1 Å². The zero-order valence-electron chi connectivity index (χ0n) is 14.2. The summed E-state index contributed by atoms with van der Waals surface area (Å²) in [7, 11) is 0. The quantitative estimate of drug-likeness (QED) is 0.639. The summed E-state index contributed by atoms with van der Waals surface area (Å²) in [6.07, 6.45) is 3.02.